The van der Waals surface area contributed by atoms with Gasteiger partial charge in [0.05, 0.1) is 12.8 Å². The molecule has 1 heterocycles. The lowest BCUT2D eigenvalue weighted by Crippen LogP contribution is -2.14. The maximum atomic E-state index is 11.3. The van der Waals surface area contributed by atoms with Gasteiger partial charge in [0.25, 0.3) is 0 Å². The molecule has 1 aromatic carbocycles. The summed E-state index contributed by atoms with van der Waals surface area (Å²) in [7, 11) is 1.17. The maximum Gasteiger partial charge on any atom is 0.412 e. The first-order valence-electron chi connectivity index (χ1n) is 6.83. The lowest BCUT2D eigenvalue weighted by Gasteiger charge is -2.10. The molecule has 1 aromatic heterocycles. The van der Waals surface area contributed by atoms with Gasteiger partial charge in [-0.25, -0.2) is 9.78 Å². The Morgan fingerprint density at radius 1 is 1.12 bits per heavy atom. The predicted octanol–water partition coefficient (Wildman–Crippen LogP) is 3.34. The molecule has 0 unspecified atom stereocenters. The number of aromatic nitrogens is 1. The molecule has 2 rings (SSSR count). The number of anilines is 2. The van der Waals surface area contributed by atoms with Gasteiger partial charge in [0, 0.05) is 13.0 Å². The van der Waals surface area contributed by atoms with Crippen LogP contribution in [0.2, 0.25) is 0 Å². The molecular weight excluding hydrogens is 314 g/mol. The summed E-state index contributed by atoms with van der Waals surface area (Å²) in [6.07, 6.45) is -0.815. The lowest BCUT2D eigenvalue weighted by atomic mass is 10.3. The van der Waals surface area contributed by atoms with Crippen LogP contribution >= 0.6 is 0 Å². The molecule has 0 fully saturated rings. The van der Waals surface area contributed by atoms with Gasteiger partial charge < -0.3 is 15.2 Å². The Morgan fingerprint density at radius 2 is 1.83 bits per heavy atom. The van der Waals surface area contributed by atoms with E-state index in [4.69, 9.17) is 0 Å². The first-order valence-corrected chi connectivity index (χ1v) is 6.83. The minimum Gasteiger partial charge on any atom is -0.504 e. The number of pyridine rings is 1. The van der Waals surface area contributed by atoms with Crippen molar-refractivity contribution in [3.63, 3.8) is 0 Å². The Labute approximate surface area is 137 Å². The van der Waals surface area contributed by atoms with E-state index in [0.717, 1.165) is 0 Å². The second-order valence-corrected chi connectivity index (χ2v) is 4.56. The quantitative estimate of drug-likeness (QED) is 0.742. The van der Waals surface area contributed by atoms with Crippen molar-refractivity contribution in [3.05, 3.63) is 36.4 Å². The fraction of sp³-hybridized carbons (Fsp3) is 0.133. The Morgan fingerprint density at radius 3 is 2.46 bits per heavy atom. The molecular formula is C15H15N5O4. The highest BCUT2D eigenvalue weighted by Gasteiger charge is 2.14. The molecule has 9 nitrogen and oxygen atoms in total. The summed E-state index contributed by atoms with van der Waals surface area (Å²) in [5.74, 6) is -0.888. The Balaban J connectivity index is 2.38. The van der Waals surface area contributed by atoms with Crippen LogP contribution in [0, 0.1) is 0 Å². The van der Waals surface area contributed by atoms with Crippen LogP contribution in [0.3, 0.4) is 0 Å². The minimum absolute atomic E-state index is 0.0337. The molecule has 0 saturated carbocycles. The van der Waals surface area contributed by atoms with E-state index in [0.29, 0.717) is 5.69 Å². The number of nitrogens with zero attached hydrogens (tertiary/aromatic N) is 3. The van der Waals surface area contributed by atoms with Crippen LogP contribution in [0.4, 0.5) is 27.8 Å². The first kappa shape index (κ1) is 16.9. The largest absolute Gasteiger partial charge is 0.504 e. The molecule has 0 saturated heterocycles. The Bertz CT molecular complexity index is 777. The summed E-state index contributed by atoms with van der Waals surface area (Å²) in [4.78, 5) is 26.5. The maximum absolute atomic E-state index is 11.3. The van der Waals surface area contributed by atoms with E-state index < -0.39 is 12.0 Å². The standard InChI is InChI=1S/C15H15N5O4/c1-9(21)16-13-11(20-19-10-6-4-3-5-7-10)8-12(22)14(17-13)18-15(23)24-2/h3-8,22H,1-2H3,(H2,16,17,18,21,23)/b20-19+. The van der Waals surface area contributed by atoms with Crippen molar-refractivity contribution in [2.75, 3.05) is 17.7 Å². The van der Waals surface area contributed by atoms with E-state index >= 15 is 0 Å². The number of aromatic hydroxyl groups is 1. The molecule has 0 atom stereocenters. The number of hydrogen-bond acceptors (Lipinski definition) is 7. The number of methoxy groups -OCH3 is 1. The monoisotopic (exact) mass is 329 g/mol. The van der Waals surface area contributed by atoms with E-state index in [1.807, 2.05) is 6.07 Å². The number of nitrogens with one attached hydrogen (secondary N) is 2. The third-order valence-corrected chi connectivity index (χ3v) is 2.71. The molecule has 2 aromatic rings. The Hall–Kier alpha value is -3.49. The number of carbonyl (C=O) groups excluding carboxylic acids is 2. The average Bonchev–Trinajstić information content (AvgIpc) is 2.56. The molecule has 124 valence electrons. The Kier molecular flexibility index (Phi) is 5.40. The highest BCUT2D eigenvalue weighted by atomic mass is 16.5. The van der Waals surface area contributed by atoms with Gasteiger partial charge in [-0.2, -0.15) is 5.11 Å². The molecule has 2 amide bonds. The van der Waals surface area contributed by atoms with Crippen LogP contribution in [0.25, 0.3) is 0 Å². The fourth-order valence-corrected chi connectivity index (χ4v) is 1.67. The summed E-state index contributed by atoms with van der Waals surface area (Å²) < 4.78 is 4.44. The highest BCUT2D eigenvalue weighted by molar-refractivity contribution is 5.92. The molecule has 0 bridgehead atoms. The van der Waals surface area contributed by atoms with Gasteiger partial charge in [0.15, 0.2) is 17.4 Å². The lowest BCUT2D eigenvalue weighted by molar-refractivity contribution is -0.114. The third-order valence-electron chi connectivity index (χ3n) is 2.71. The van der Waals surface area contributed by atoms with Crippen molar-refractivity contribution in [2.45, 2.75) is 6.92 Å². The topological polar surface area (TPSA) is 125 Å². The zero-order valence-corrected chi connectivity index (χ0v) is 13.0. The first-order chi connectivity index (χ1) is 11.5. The van der Waals surface area contributed by atoms with Crippen molar-refractivity contribution >= 4 is 35.0 Å². The van der Waals surface area contributed by atoms with Gasteiger partial charge in [-0.1, -0.05) is 18.2 Å². The molecule has 24 heavy (non-hydrogen) atoms. The van der Waals surface area contributed by atoms with E-state index in [2.05, 4.69) is 30.6 Å². The van der Waals surface area contributed by atoms with Crippen LogP contribution in [-0.4, -0.2) is 29.2 Å². The van der Waals surface area contributed by atoms with Crippen molar-refractivity contribution in [2.24, 2.45) is 10.2 Å². The second kappa shape index (κ2) is 7.68. The van der Waals surface area contributed by atoms with E-state index in [9.17, 15) is 14.7 Å². The molecule has 0 aliphatic heterocycles. The number of amides is 2. The highest BCUT2D eigenvalue weighted by Crippen LogP contribution is 2.33. The SMILES string of the molecule is COC(=O)Nc1nc(NC(C)=O)c(/N=N/c2ccccc2)cc1O. The minimum atomic E-state index is -0.815. The summed E-state index contributed by atoms with van der Waals surface area (Å²) >= 11 is 0. The summed E-state index contributed by atoms with van der Waals surface area (Å²) in [6.45, 7) is 1.29. The molecule has 0 spiro atoms. The van der Waals surface area contributed by atoms with Crippen LogP contribution in [0.1, 0.15) is 6.92 Å². The number of hydrogen-bond donors (Lipinski definition) is 3. The number of azo groups is 1. The summed E-state index contributed by atoms with van der Waals surface area (Å²) in [5, 5.41) is 22.6. The van der Waals surface area contributed by atoms with E-state index in [-0.39, 0.29) is 23.1 Å². The van der Waals surface area contributed by atoms with Crippen LogP contribution < -0.4 is 10.6 Å². The summed E-state index contributed by atoms with van der Waals surface area (Å²) in [5.41, 5.74) is 0.712. The van der Waals surface area contributed by atoms with Crippen molar-refractivity contribution < 1.29 is 19.4 Å². The second-order valence-electron chi connectivity index (χ2n) is 4.56. The van der Waals surface area contributed by atoms with E-state index in [1.54, 1.807) is 24.3 Å². The molecule has 3 N–H and O–H groups in total. The van der Waals surface area contributed by atoms with E-state index in [1.165, 1.54) is 20.1 Å². The van der Waals surface area contributed by atoms with Gasteiger partial charge in [-0.3, -0.25) is 10.1 Å². The van der Waals surface area contributed by atoms with Crippen LogP contribution in [0.5, 0.6) is 5.75 Å². The van der Waals surface area contributed by atoms with Gasteiger partial charge in [0.2, 0.25) is 5.91 Å². The summed E-state index contributed by atoms with van der Waals surface area (Å²) in [6, 6.07) is 10.1. The number of ether oxygens (including phenoxy) is 1. The normalized spacial score (nSPS) is 10.4. The molecule has 9 heteroatoms. The zero-order chi connectivity index (χ0) is 17.5. The fourth-order valence-electron chi connectivity index (χ4n) is 1.67. The number of carbonyl (C=O) groups is 2. The smallest absolute Gasteiger partial charge is 0.412 e. The number of benzene rings is 1. The van der Waals surface area contributed by atoms with Crippen molar-refractivity contribution in [1.29, 1.82) is 0 Å². The van der Waals surface area contributed by atoms with Gasteiger partial charge in [0.1, 0.15) is 5.69 Å². The molecule has 0 aliphatic carbocycles. The van der Waals surface area contributed by atoms with Gasteiger partial charge >= 0.3 is 6.09 Å². The molecule has 0 radical (unpaired) electrons. The molecule has 0 aliphatic rings. The van der Waals surface area contributed by atoms with Gasteiger partial charge in [-0.05, 0) is 12.1 Å². The number of rotatable bonds is 4. The third kappa shape index (κ3) is 4.50. The van der Waals surface area contributed by atoms with Crippen LogP contribution in [-0.2, 0) is 9.53 Å². The van der Waals surface area contributed by atoms with Crippen molar-refractivity contribution in [1.82, 2.24) is 4.98 Å². The van der Waals surface area contributed by atoms with Crippen molar-refractivity contribution in [3.8, 4) is 5.75 Å². The zero-order valence-electron chi connectivity index (χ0n) is 13.0. The average molecular weight is 329 g/mol. The van der Waals surface area contributed by atoms with Gasteiger partial charge in [-0.15, -0.1) is 5.11 Å². The van der Waals surface area contributed by atoms with Crippen LogP contribution in [0.15, 0.2) is 46.6 Å². The predicted molar refractivity (Wildman–Crippen MR) is 86.9 cm³/mol.